The predicted molar refractivity (Wildman–Crippen MR) is 149 cm³/mol. The van der Waals surface area contributed by atoms with Gasteiger partial charge in [-0.25, -0.2) is 0 Å². The van der Waals surface area contributed by atoms with Crippen LogP contribution in [0.2, 0.25) is 0 Å². The molecular formula is C32H33N3O2. The van der Waals surface area contributed by atoms with Crippen LogP contribution in [0, 0.1) is 5.92 Å². The number of nitrogens with zero attached hydrogens (tertiary/aromatic N) is 2. The average molecular weight is 492 g/mol. The van der Waals surface area contributed by atoms with Gasteiger partial charge in [-0.15, -0.1) is 6.58 Å². The van der Waals surface area contributed by atoms with Crippen molar-refractivity contribution in [1.29, 1.82) is 0 Å². The zero-order chi connectivity index (χ0) is 26.1. The fraction of sp³-hybridized carbons (Fsp3) is 0.250. The smallest absolute Gasteiger partial charge is 0.255 e. The lowest BCUT2D eigenvalue weighted by atomic mass is 9.91. The summed E-state index contributed by atoms with van der Waals surface area (Å²) in [6.07, 6.45) is 2.23. The lowest BCUT2D eigenvalue weighted by Gasteiger charge is -2.34. The van der Waals surface area contributed by atoms with Gasteiger partial charge in [0.25, 0.3) is 5.91 Å². The maximum Gasteiger partial charge on any atom is 0.255 e. The van der Waals surface area contributed by atoms with E-state index in [0.717, 1.165) is 33.3 Å². The quantitative estimate of drug-likeness (QED) is 0.303. The SMILES string of the molecule is C=CCNC(=O)C(CC(C)C)N1C(=O)c2ccccc2C1c1c(-c2ccccc2)n(C)c2ccccc12. The molecule has 5 nitrogen and oxygen atoms in total. The molecule has 0 bridgehead atoms. The minimum absolute atomic E-state index is 0.105. The van der Waals surface area contributed by atoms with E-state index in [1.165, 1.54) is 0 Å². The van der Waals surface area contributed by atoms with Crippen molar-refractivity contribution >= 4 is 22.7 Å². The Kier molecular flexibility index (Phi) is 6.70. The van der Waals surface area contributed by atoms with Gasteiger partial charge in [0.15, 0.2) is 0 Å². The number of amides is 2. The maximum atomic E-state index is 14.1. The topological polar surface area (TPSA) is 54.3 Å². The number of carbonyl (C=O) groups excluding carboxylic acids is 2. The Labute approximate surface area is 218 Å². The number of hydrogen-bond acceptors (Lipinski definition) is 2. The Hall–Kier alpha value is -4.12. The first-order chi connectivity index (χ1) is 17.9. The molecule has 5 rings (SSSR count). The summed E-state index contributed by atoms with van der Waals surface area (Å²) in [7, 11) is 2.07. The third-order valence-electron chi connectivity index (χ3n) is 7.22. The van der Waals surface area contributed by atoms with Gasteiger partial charge in [0.05, 0.1) is 11.7 Å². The highest BCUT2D eigenvalue weighted by Gasteiger charge is 2.46. The van der Waals surface area contributed by atoms with Gasteiger partial charge >= 0.3 is 0 Å². The van der Waals surface area contributed by atoms with Crippen LogP contribution in [0.1, 0.15) is 47.8 Å². The van der Waals surface area contributed by atoms with Crippen molar-refractivity contribution in [2.24, 2.45) is 13.0 Å². The van der Waals surface area contributed by atoms with Crippen molar-refractivity contribution in [1.82, 2.24) is 14.8 Å². The first-order valence-corrected chi connectivity index (χ1v) is 12.9. The number of aryl methyl sites for hydroxylation is 1. The van der Waals surface area contributed by atoms with Crippen molar-refractivity contribution in [3.63, 3.8) is 0 Å². The van der Waals surface area contributed by atoms with E-state index in [1.54, 1.807) is 6.08 Å². The zero-order valence-corrected chi connectivity index (χ0v) is 21.6. The van der Waals surface area contributed by atoms with Crippen LogP contribution in [-0.4, -0.2) is 33.9 Å². The average Bonchev–Trinajstić information content (AvgIpc) is 3.37. The van der Waals surface area contributed by atoms with Crippen LogP contribution < -0.4 is 5.32 Å². The van der Waals surface area contributed by atoms with Crippen molar-refractivity contribution in [2.45, 2.75) is 32.4 Å². The molecule has 0 saturated heterocycles. The summed E-state index contributed by atoms with van der Waals surface area (Å²) in [4.78, 5) is 29.5. The van der Waals surface area contributed by atoms with Crippen LogP contribution in [0.15, 0.2) is 91.5 Å². The Morgan fingerprint density at radius 1 is 1.00 bits per heavy atom. The normalized spacial score (nSPS) is 15.7. The van der Waals surface area contributed by atoms with Crippen molar-refractivity contribution in [2.75, 3.05) is 6.54 Å². The van der Waals surface area contributed by atoms with E-state index in [-0.39, 0.29) is 17.7 Å². The number of para-hydroxylation sites is 1. The standard InChI is InChI=1S/C32H33N3O2/c1-5-19-33-31(36)27(20-21(2)3)35-30(23-15-9-10-16-24(23)32(35)37)28-25-17-11-12-18-26(25)34(4)29(28)22-13-7-6-8-14-22/h5-18,21,27,30H,1,19-20H2,2-4H3,(H,33,36). The molecule has 0 aliphatic carbocycles. The highest BCUT2D eigenvalue weighted by atomic mass is 16.2. The van der Waals surface area contributed by atoms with Gasteiger partial charge in [-0.3, -0.25) is 9.59 Å². The molecule has 1 aromatic heterocycles. The fourth-order valence-corrected chi connectivity index (χ4v) is 5.68. The number of nitrogens with one attached hydrogen (secondary N) is 1. The minimum atomic E-state index is -0.618. The monoisotopic (exact) mass is 491 g/mol. The Morgan fingerprint density at radius 3 is 2.41 bits per heavy atom. The number of hydrogen-bond donors (Lipinski definition) is 1. The molecule has 0 fully saturated rings. The molecule has 5 heteroatoms. The maximum absolute atomic E-state index is 14.1. The highest BCUT2D eigenvalue weighted by molar-refractivity contribution is 6.04. The van der Waals surface area contributed by atoms with Gasteiger partial charge in [0.2, 0.25) is 5.91 Å². The van der Waals surface area contributed by atoms with Gasteiger partial charge < -0.3 is 14.8 Å². The number of benzene rings is 3. The third-order valence-corrected chi connectivity index (χ3v) is 7.22. The van der Waals surface area contributed by atoms with Crippen LogP contribution in [0.5, 0.6) is 0 Å². The summed E-state index contributed by atoms with van der Waals surface area (Å²) in [5.74, 6) is -0.0362. The Balaban J connectivity index is 1.80. The van der Waals surface area contributed by atoms with Crippen LogP contribution in [0.4, 0.5) is 0 Å². The summed E-state index contributed by atoms with van der Waals surface area (Å²) in [5.41, 5.74) is 5.86. The second-order valence-corrected chi connectivity index (χ2v) is 10.1. The lowest BCUT2D eigenvalue weighted by Crippen LogP contribution is -2.49. The molecule has 1 aliphatic rings. The first-order valence-electron chi connectivity index (χ1n) is 12.9. The van der Waals surface area contributed by atoms with Crippen LogP contribution in [0.3, 0.4) is 0 Å². The summed E-state index contributed by atoms with van der Waals surface area (Å²) in [6, 6.07) is 25.4. The van der Waals surface area contributed by atoms with E-state index in [0.29, 0.717) is 18.5 Å². The van der Waals surface area contributed by atoms with E-state index in [1.807, 2.05) is 59.5 Å². The van der Waals surface area contributed by atoms with Gasteiger partial charge in [0.1, 0.15) is 6.04 Å². The molecule has 0 spiro atoms. The van der Waals surface area contributed by atoms with E-state index >= 15 is 0 Å². The van der Waals surface area contributed by atoms with E-state index in [2.05, 4.69) is 61.6 Å². The highest BCUT2D eigenvalue weighted by Crippen LogP contribution is 2.47. The number of carbonyl (C=O) groups is 2. The molecule has 3 aromatic carbocycles. The Bertz CT molecular complexity index is 1470. The van der Waals surface area contributed by atoms with E-state index in [9.17, 15) is 9.59 Å². The third kappa shape index (κ3) is 4.25. The lowest BCUT2D eigenvalue weighted by molar-refractivity contribution is -0.126. The van der Waals surface area contributed by atoms with Gasteiger partial charge in [-0.2, -0.15) is 0 Å². The molecule has 1 N–H and O–H groups in total. The molecule has 2 unspecified atom stereocenters. The molecule has 0 radical (unpaired) electrons. The molecule has 4 aromatic rings. The molecule has 0 saturated carbocycles. The molecule has 2 atom stereocenters. The minimum Gasteiger partial charge on any atom is -0.351 e. The fourth-order valence-electron chi connectivity index (χ4n) is 5.68. The molecule has 1 aliphatic heterocycles. The summed E-state index contributed by atoms with van der Waals surface area (Å²) < 4.78 is 2.21. The van der Waals surface area contributed by atoms with Crippen LogP contribution in [-0.2, 0) is 11.8 Å². The second kappa shape index (κ2) is 10.1. The first kappa shape index (κ1) is 24.6. The van der Waals surface area contributed by atoms with Crippen molar-refractivity contribution in [3.05, 3.63) is 108 Å². The summed E-state index contributed by atoms with van der Waals surface area (Å²) in [6.45, 7) is 8.28. The Morgan fingerprint density at radius 2 is 1.68 bits per heavy atom. The molecule has 2 heterocycles. The van der Waals surface area contributed by atoms with Crippen molar-refractivity contribution < 1.29 is 9.59 Å². The van der Waals surface area contributed by atoms with Crippen LogP contribution in [0.25, 0.3) is 22.2 Å². The number of rotatable bonds is 8. The summed E-state index contributed by atoms with van der Waals surface area (Å²) >= 11 is 0. The molecular weight excluding hydrogens is 458 g/mol. The number of fused-ring (bicyclic) bond motifs is 2. The van der Waals surface area contributed by atoms with Gasteiger partial charge in [0, 0.05) is 35.6 Å². The number of aromatic nitrogens is 1. The van der Waals surface area contributed by atoms with Gasteiger partial charge in [-0.05, 0) is 35.6 Å². The van der Waals surface area contributed by atoms with Crippen molar-refractivity contribution in [3.8, 4) is 11.3 Å². The summed E-state index contributed by atoms with van der Waals surface area (Å²) in [5, 5.41) is 4.05. The molecule has 37 heavy (non-hydrogen) atoms. The molecule has 2 amide bonds. The van der Waals surface area contributed by atoms with E-state index in [4.69, 9.17) is 0 Å². The largest absolute Gasteiger partial charge is 0.351 e. The second-order valence-electron chi connectivity index (χ2n) is 10.1. The van der Waals surface area contributed by atoms with E-state index < -0.39 is 12.1 Å². The predicted octanol–water partition coefficient (Wildman–Crippen LogP) is 6.11. The molecule has 188 valence electrons. The van der Waals surface area contributed by atoms with Crippen LogP contribution >= 0.6 is 0 Å². The zero-order valence-electron chi connectivity index (χ0n) is 21.6. The van der Waals surface area contributed by atoms with Gasteiger partial charge in [-0.1, -0.05) is 86.7 Å².